The van der Waals surface area contributed by atoms with Gasteiger partial charge in [-0.2, -0.15) is 8.42 Å². The Balaban J connectivity index is 1.11. The second-order valence-corrected chi connectivity index (χ2v) is 15.7. The SMILES string of the molecule is CC(C)c1cc(S(=O)(=O)O)cc(C2CC2C)c1OC(=O)[C@H]1C2=C3OC1C(OC(=O)C14CC5CC(CC(C5)C1)C4)=C3OC2=O. The third kappa shape index (κ3) is 4.06. The molecule has 43 heavy (non-hydrogen) atoms. The summed E-state index contributed by atoms with van der Waals surface area (Å²) < 4.78 is 57.5. The lowest BCUT2D eigenvalue weighted by atomic mass is 9.49. The van der Waals surface area contributed by atoms with Crippen molar-refractivity contribution in [2.75, 3.05) is 0 Å². The summed E-state index contributed by atoms with van der Waals surface area (Å²) in [7, 11) is -4.51. The molecule has 3 heterocycles. The first-order valence-corrected chi connectivity index (χ1v) is 16.7. The van der Waals surface area contributed by atoms with E-state index in [-0.39, 0.29) is 57.2 Å². The first-order valence-electron chi connectivity index (χ1n) is 15.3. The topological polar surface area (TPSA) is 143 Å². The number of hydrogen-bond donors (Lipinski definition) is 1. The second kappa shape index (κ2) is 8.94. The zero-order valence-corrected chi connectivity index (χ0v) is 25.1. The van der Waals surface area contributed by atoms with Crippen LogP contribution in [0.15, 0.2) is 39.9 Å². The van der Waals surface area contributed by atoms with Crippen LogP contribution in [-0.2, 0) is 38.7 Å². The first-order chi connectivity index (χ1) is 20.3. The van der Waals surface area contributed by atoms with Crippen molar-refractivity contribution in [3.63, 3.8) is 0 Å². The van der Waals surface area contributed by atoms with E-state index in [0.29, 0.717) is 28.9 Å². The van der Waals surface area contributed by atoms with Gasteiger partial charge in [-0.05, 0) is 104 Å². The molecule has 1 aromatic carbocycles. The minimum atomic E-state index is -4.51. The molecule has 0 aromatic heterocycles. The van der Waals surface area contributed by atoms with Crippen LogP contribution in [0.1, 0.15) is 88.7 Å². The fraction of sp³-hybridized carbons (Fsp3) is 0.594. The molecular weight excluding hydrogens is 576 g/mol. The molecule has 11 heteroatoms. The van der Waals surface area contributed by atoms with Gasteiger partial charge in [0.25, 0.3) is 10.1 Å². The molecule has 8 aliphatic rings. The molecule has 5 saturated carbocycles. The molecule has 0 spiro atoms. The molecule has 10 nitrogen and oxygen atoms in total. The van der Waals surface area contributed by atoms with Gasteiger partial charge >= 0.3 is 17.9 Å². The number of benzene rings is 1. The zero-order chi connectivity index (χ0) is 30.2. The molecule has 5 aliphatic carbocycles. The van der Waals surface area contributed by atoms with E-state index in [1.165, 1.54) is 12.1 Å². The summed E-state index contributed by atoms with van der Waals surface area (Å²) in [6.45, 7) is 5.67. The van der Waals surface area contributed by atoms with Gasteiger partial charge in [0.05, 0.1) is 10.3 Å². The molecule has 228 valence electrons. The Bertz CT molecular complexity index is 1650. The normalized spacial score (nSPS) is 36.4. The summed E-state index contributed by atoms with van der Waals surface area (Å²) in [5.41, 5.74) is 0.441. The Kier molecular flexibility index (Phi) is 5.69. The van der Waals surface area contributed by atoms with Crippen LogP contribution < -0.4 is 4.74 Å². The van der Waals surface area contributed by atoms with E-state index in [1.54, 1.807) is 0 Å². The highest BCUT2D eigenvalue weighted by molar-refractivity contribution is 7.85. The van der Waals surface area contributed by atoms with Crippen molar-refractivity contribution in [3.05, 3.63) is 46.1 Å². The molecule has 4 atom stereocenters. The van der Waals surface area contributed by atoms with E-state index in [9.17, 15) is 27.4 Å². The van der Waals surface area contributed by atoms with E-state index in [2.05, 4.69) is 0 Å². The molecule has 1 N–H and O–H groups in total. The first kappa shape index (κ1) is 27.4. The van der Waals surface area contributed by atoms with Crippen molar-refractivity contribution in [2.24, 2.45) is 35.0 Å². The van der Waals surface area contributed by atoms with Gasteiger partial charge in [-0.15, -0.1) is 0 Å². The quantitative estimate of drug-likeness (QED) is 0.257. The number of ether oxygens (including phenoxy) is 4. The summed E-state index contributed by atoms with van der Waals surface area (Å²) in [5.74, 6) is -1.11. The van der Waals surface area contributed by atoms with Crippen molar-refractivity contribution in [2.45, 2.75) is 88.6 Å². The van der Waals surface area contributed by atoms with E-state index in [4.69, 9.17) is 18.9 Å². The van der Waals surface area contributed by atoms with E-state index < -0.39 is 39.5 Å². The fourth-order valence-corrected chi connectivity index (χ4v) is 9.64. The van der Waals surface area contributed by atoms with E-state index in [1.807, 2.05) is 20.8 Å². The molecule has 0 radical (unpaired) electrons. The second-order valence-electron chi connectivity index (χ2n) is 14.2. The van der Waals surface area contributed by atoms with Crippen LogP contribution in [0.2, 0.25) is 0 Å². The number of hydrogen-bond acceptors (Lipinski definition) is 9. The number of esters is 3. The predicted octanol–water partition coefficient (Wildman–Crippen LogP) is 4.90. The lowest BCUT2D eigenvalue weighted by Gasteiger charge is -2.55. The summed E-state index contributed by atoms with van der Waals surface area (Å²) in [5, 5.41) is 0. The Morgan fingerprint density at radius 3 is 2.19 bits per heavy atom. The smallest absolute Gasteiger partial charge is 0.344 e. The van der Waals surface area contributed by atoms with Gasteiger partial charge in [-0.25, -0.2) is 4.79 Å². The van der Waals surface area contributed by atoms with Gasteiger partial charge < -0.3 is 18.9 Å². The Morgan fingerprint density at radius 1 is 1.00 bits per heavy atom. The highest BCUT2D eigenvalue weighted by Crippen LogP contribution is 2.61. The average Bonchev–Trinajstić information content (AvgIpc) is 3.26. The number of carbonyl (C=O) groups is 3. The summed E-state index contributed by atoms with van der Waals surface area (Å²) in [4.78, 5) is 40.4. The van der Waals surface area contributed by atoms with Crippen molar-refractivity contribution in [1.82, 2.24) is 0 Å². The number of carbonyl (C=O) groups excluding carboxylic acids is 3. The highest BCUT2D eigenvalue weighted by Gasteiger charge is 2.63. The number of fused-ring (bicyclic) bond motifs is 1. The van der Waals surface area contributed by atoms with Gasteiger partial charge in [-0.3, -0.25) is 14.1 Å². The van der Waals surface area contributed by atoms with Crippen LogP contribution in [0, 0.1) is 35.0 Å². The number of rotatable bonds is 7. The third-order valence-electron chi connectivity index (χ3n) is 10.9. The van der Waals surface area contributed by atoms with Crippen LogP contribution in [0.5, 0.6) is 5.75 Å². The van der Waals surface area contributed by atoms with Crippen molar-refractivity contribution in [3.8, 4) is 5.75 Å². The van der Waals surface area contributed by atoms with Crippen molar-refractivity contribution < 1.29 is 46.3 Å². The Morgan fingerprint density at radius 2 is 1.63 bits per heavy atom. The standard InChI is InChI=1S/C32H34O10S/c1-13(2)19-8-18(43(36,37)38)9-21(20-4-14(20)3)24(19)40-29(33)23-22-25-27(41-30(22)34)28(26(23)39-25)42-31(35)32-10-15-5-16(11-32)7-17(6-15)12-32/h8-9,13-17,20,23,26H,4-7,10-12H2,1-3H3,(H,36,37,38)/t14?,15?,16?,17?,20?,23-,26?,32?/m0/s1. The van der Waals surface area contributed by atoms with Gasteiger partial charge in [-0.1, -0.05) is 20.8 Å². The van der Waals surface area contributed by atoms with E-state index >= 15 is 0 Å². The van der Waals surface area contributed by atoms with Crippen molar-refractivity contribution in [1.29, 1.82) is 0 Å². The largest absolute Gasteiger partial charge is 0.476 e. The molecule has 3 unspecified atom stereocenters. The maximum absolute atomic E-state index is 13.9. The Labute approximate surface area is 249 Å². The molecule has 6 bridgehead atoms. The third-order valence-corrected chi connectivity index (χ3v) is 11.7. The van der Waals surface area contributed by atoms with Gasteiger partial charge in [0, 0.05) is 0 Å². The molecule has 1 aromatic rings. The summed E-state index contributed by atoms with van der Waals surface area (Å²) >= 11 is 0. The summed E-state index contributed by atoms with van der Waals surface area (Å²) in [6.07, 6.45) is 5.59. The fourth-order valence-electron chi connectivity index (χ4n) is 9.09. The van der Waals surface area contributed by atoms with Crippen LogP contribution in [0.3, 0.4) is 0 Å². The van der Waals surface area contributed by atoms with Crippen molar-refractivity contribution >= 4 is 28.0 Å². The molecule has 0 saturated heterocycles. The minimum absolute atomic E-state index is 0.0431. The molecule has 0 amide bonds. The molecule has 9 rings (SSSR count). The maximum Gasteiger partial charge on any atom is 0.344 e. The Hall–Kier alpha value is -3.18. The van der Waals surface area contributed by atoms with E-state index in [0.717, 1.165) is 44.9 Å². The lowest BCUT2D eigenvalue weighted by Crippen LogP contribution is -2.50. The minimum Gasteiger partial charge on any atom is -0.476 e. The van der Waals surface area contributed by atoms with Gasteiger partial charge in [0.2, 0.25) is 5.76 Å². The molecule has 5 fully saturated rings. The van der Waals surface area contributed by atoms with Crippen LogP contribution in [0.4, 0.5) is 0 Å². The molecule has 3 aliphatic heterocycles. The predicted molar refractivity (Wildman–Crippen MR) is 148 cm³/mol. The van der Waals surface area contributed by atoms with Crippen LogP contribution in [-0.4, -0.2) is 37.0 Å². The zero-order valence-electron chi connectivity index (χ0n) is 24.3. The van der Waals surface area contributed by atoms with Crippen LogP contribution in [0.25, 0.3) is 0 Å². The lowest BCUT2D eigenvalue weighted by molar-refractivity contribution is -0.169. The summed E-state index contributed by atoms with van der Waals surface area (Å²) in [6, 6.07) is 2.68. The maximum atomic E-state index is 13.9. The average molecular weight is 611 g/mol. The van der Waals surface area contributed by atoms with Crippen LogP contribution >= 0.6 is 0 Å². The van der Waals surface area contributed by atoms with Gasteiger partial charge in [0.15, 0.2) is 17.6 Å². The monoisotopic (exact) mass is 610 g/mol. The molecular formula is C32H34O10S. The highest BCUT2D eigenvalue weighted by atomic mass is 32.2. The van der Waals surface area contributed by atoms with Gasteiger partial charge in [0.1, 0.15) is 17.2 Å².